The molecule has 21 heavy (non-hydrogen) atoms. The van der Waals surface area contributed by atoms with Gasteiger partial charge in [0, 0.05) is 19.1 Å². The molecule has 5 heteroatoms. The molecule has 2 fully saturated rings. The number of piperidine rings is 1. The zero-order valence-corrected chi connectivity index (χ0v) is 13.5. The van der Waals surface area contributed by atoms with E-state index < -0.39 is 0 Å². The first kappa shape index (κ1) is 15.1. The number of amides is 1. The monoisotopic (exact) mass is 326 g/mol. The molecule has 0 bridgehead atoms. The Balaban J connectivity index is 1.71. The number of rotatable bonds is 4. The Kier molecular flexibility index (Phi) is 4.72. The predicted octanol–water partition coefficient (Wildman–Crippen LogP) is 3.48. The van der Waals surface area contributed by atoms with Crippen molar-refractivity contribution in [2.24, 2.45) is 5.92 Å². The molecule has 2 aliphatic rings. The van der Waals surface area contributed by atoms with Gasteiger partial charge in [-0.25, -0.2) is 0 Å². The lowest BCUT2D eigenvalue weighted by atomic mass is 9.97. The normalized spacial score (nSPS) is 22.1. The molecule has 3 rings (SSSR count). The Morgan fingerprint density at radius 1 is 1.24 bits per heavy atom. The third-order valence-corrected chi connectivity index (χ3v) is 4.99. The number of hydrogen-bond acceptors (Lipinski definition) is 2. The molecule has 1 atom stereocenters. The van der Waals surface area contributed by atoms with E-state index in [1.807, 2.05) is 17.0 Å². The standard InChI is InChI=1S/C16H20Cl2N2O/c17-14-6-3-11(8-15(14)18)10-20(13-4-5-13)16(21)12-2-1-7-19-9-12/h3,6,8,12-13,19H,1-2,4-5,7,9-10H2. The fourth-order valence-corrected chi connectivity index (χ4v) is 3.23. The Morgan fingerprint density at radius 2 is 2.05 bits per heavy atom. The molecule has 1 aromatic rings. The van der Waals surface area contributed by atoms with E-state index in [0.29, 0.717) is 22.6 Å². The van der Waals surface area contributed by atoms with Gasteiger partial charge in [-0.15, -0.1) is 0 Å². The maximum atomic E-state index is 12.8. The summed E-state index contributed by atoms with van der Waals surface area (Å²) in [5.74, 6) is 0.415. The second-order valence-electron chi connectivity index (χ2n) is 5.99. The minimum Gasteiger partial charge on any atom is -0.335 e. The summed E-state index contributed by atoms with van der Waals surface area (Å²) >= 11 is 12.0. The Hall–Kier alpha value is -0.770. The lowest BCUT2D eigenvalue weighted by molar-refractivity contribution is -0.137. The zero-order chi connectivity index (χ0) is 14.8. The van der Waals surface area contributed by atoms with Crippen molar-refractivity contribution in [1.29, 1.82) is 0 Å². The molecule has 1 unspecified atom stereocenters. The van der Waals surface area contributed by atoms with E-state index in [9.17, 15) is 4.79 Å². The maximum Gasteiger partial charge on any atom is 0.227 e. The summed E-state index contributed by atoms with van der Waals surface area (Å²) < 4.78 is 0. The van der Waals surface area contributed by atoms with Crippen molar-refractivity contribution in [3.8, 4) is 0 Å². The van der Waals surface area contributed by atoms with Crippen molar-refractivity contribution in [3.05, 3.63) is 33.8 Å². The summed E-state index contributed by atoms with van der Waals surface area (Å²) in [7, 11) is 0. The van der Waals surface area contributed by atoms with Gasteiger partial charge >= 0.3 is 0 Å². The highest BCUT2D eigenvalue weighted by molar-refractivity contribution is 6.42. The van der Waals surface area contributed by atoms with Crippen molar-refractivity contribution in [2.75, 3.05) is 13.1 Å². The van der Waals surface area contributed by atoms with Crippen LogP contribution in [0, 0.1) is 5.92 Å². The van der Waals surface area contributed by atoms with Crippen LogP contribution in [0.25, 0.3) is 0 Å². The molecule has 0 aromatic heterocycles. The fraction of sp³-hybridized carbons (Fsp3) is 0.562. The van der Waals surface area contributed by atoms with E-state index in [0.717, 1.165) is 44.3 Å². The summed E-state index contributed by atoms with van der Waals surface area (Å²) in [5, 5.41) is 4.43. The van der Waals surface area contributed by atoms with Crippen LogP contribution in [0.3, 0.4) is 0 Å². The van der Waals surface area contributed by atoms with E-state index in [4.69, 9.17) is 23.2 Å². The largest absolute Gasteiger partial charge is 0.335 e. The molecule has 1 aliphatic heterocycles. The van der Waals surface area contributed by atoms with Crippen LogP contribution in [-0.2, 0) is 11.3 Å². The number of benzene rings is 1. The highest BCUT2D eigenvalue weighted by atomic mass is 35.5. The number of hydrogen-bond donors (Lipinski definition) is 1. The molecule has 0 spiro atoms. The van der Waals surface area contributed by atoms with Gasteiger partial charge in [-0.1, -0.05) is 29.3 Å². The second kappa shape index (κ2) is 6.55. The second-order valence-corrected chi connectivity index (χ2v) is 6.80. The van der Waals surface area contributed by atoms with E-state index in [-0.39, 0.29) is 11.8 Å². The van der Waals surface area contributed by atoms with Crippen LogP contribution in [0.4, 0.5) is 0 Å². The maximum absolute atomic E-state index is 12.8. The highest BCUT2D eigenvalue weighted by Crippen LogP contribution is 2.32. The first-order valence-corrected chi connectivity index (χ1v) is 8.36. The van der Waals surface area contributed by atoms with Crippen LogP contribution < -0.4 is 5.32 Å². The van der Waals surface area contributed by atoms with E-state index in [1.165, 1.54) is 0 Å². The number of halogens is 2. The average molecular weight is 327 g/mol. The van der Waals surface area contributed by atoms with Gasteiger partial charge in [0.05, 0.1) is 16.0 Å². The van der Waals surface area contributed by atoms with Crippen molar-refractivity contribution >= 4 is 29.1 Å². The van der Waals surface area contributed by atoms with Crippen molar-refractivity contribution < 1.29 is 4.79 Å². The smallest absolute Gasteiger partial charge is 0.227 e. The van der Waals surface area contributed by atoms with Crippen LogP contribution >= 0.6 is 23.2 Å². The number of carbonyl (C=O) groups is 1. The molecular weight excluding hydrogens is 307 g/mol. The van der Waals surface area contributed by atoms with Crippen LogP contribution in [-0.4, -0.2) is 29.9 Å². The van der Waals surface area contributed by atoms with E-state index in [1.54, 1.807) is 6.07 Å². The van der Waals surface area contributed by atoms with Crippen LogP contribution in [0.2, 0.25) is 10.0 Å². The van der Waals surface area contributed by atoms with Crippen molar-refractivity contribution in [3.63, 3.8) is 0 Å². The third-order valence-electron chi connectivity index (χ3n) is 4.25. The minimum absolute atomic E-state index is 0.127. The summed E-state index contributed by atoms with van der Waals surface area (Å²) in [6, 6.07) is 6.03. The van der Waals surface area contributed by atoms with Gasteiger partial charge in [0.2, 0.25) is 5.91 Å². The quantitative estimate of drug-likeness (QED) is 0.918. The molecular formula is C16H20Cl2N2O. The predicted molar refractivity (Wildman–Crippen MR) is 85.6 cm³/mol. The summed E-state index contributed by atoms with van der Waals surface area (Å²) in [4.78, 5) is 14.8. The highest BCUT2D eigenvalue weighted by Gasteiger charge is 2.36. The first-order valence-electron chi connectivity index (χ1n) is 7.60. The molecule has 1 amide bonds. The third kappa shape index (κ3) is 3.71. The summed E-state index contributed by atoms with van der Waals surface area (Å²) in [5.41, 5.74) is 1.05. The Morgan fingerprint density at radius 3 is 2.67 bits per heavy atom. The molecule has 3 nitrogen and oxygen atoms in total. The minimum atomic E-state index is 0.127. The molecule has 1 aliphatic carbocycles. The average Bonchev–Trinajstić information content (AvgIpc) is 3.33. The van der Waals surface area contributed by atoms with Crippen LogP contribution in [0.15, 0.2) is 18.2 Å². The van der Waals surface area contributed by atoms with Gasteiger partial charge in [-0.2, -0.15) is 0 Å². The van der Waals surface area contributed by atoms with Gasteiger partial charge in [-0.3, -0.25) is 4.79 Å². The van der Waals surface area contributed by atoms with Gasteiger partial charge < -0.3 is 10.2 Å². The van der Waals surface area contributed by atoms with Gasteiger partial charge in [0.25, 0.3) is 0 Å². The van der Waals surface area contributed by atoms with Crippen LogP contribution in [0.5, 0.6) is 0 Å². The van der Waals surface area contributed by atoms with Gasteiger partial charge in [0.15, 0.2) is 0 Å². The molecule has 1 aromatic carbocycles. The van der Waals surface area contributed by atoms with E-state index >= 15 is 0 Å². The molecule has 114 valence electrons. The summed E-state index contributed by atoms with van der Waals surface area (Å²) in [6.45, 7) is 2.47. The number of nitrogens with zero attached hydrogens (tertiary/aromatic N) is 1. The SMILES string of the molecule is O=C(C1CCCNC1)N(Cc1ccc(Cl)c(Cl)c1)C1CC1. The van der Waals surface area contributed by atoms with Crippen molar-refractivity contribution in [2.45, 2.75) is 38.3 Å². The zero-order valence-electron chi connectivity index (χ0n) is 11.9. The topological polar surface area (TPSA) is 32.3 Å². The first-order chi connectivity index (χ1) is 10.1. The lowest BCUT2D eigenvalue weighted by Gasteiger charge is -2.30. The Bertz CT molecular complexity index is 525. The lowest BCUT2D eigenvalue weighted by Crippen LogP contribution is -2.43. The summed E-state index contributed by atoms with van der Waals surface area (Å²) in [6.07, 6.45) is 4.32. The molecule has 0 radical (unpaired) electrons. The molecule has 1 saturated carbocycles. The van der Waals surface area contributed by atoms with E-state index in [2.05, 4.69) is 5.32 Å². The Labute approximate surface area is 135 Å². The number of nitrogens with one attached hydrogen (secondary N) is 1. The fourth-order valence-electron chi connectivity index (χ4n) is 2.90. The molecule has 1 N–H and O–H groups in total. The van der Waals surface area contributed by atoms with Gasteiger partial charge in [-0.05, 0) is 49.9 Å². The number of carbonyl (C=O) groups excluding carboxylic acids is 1. The molecule has 1 heterocycles. The van der Waals surface area contributed by atoms with Gasteiger partial charge in [0.1, 0.15) is 0 Å². The van der Waals surface area contributed by atoms with Crippen LogP contribution in [0.1, 0.15) is 31.2 Å². The molecule has 1 saturated heterocycles. The van der Waals surface area contributed by atoms with Crippen molar-refractivity contribution in [1.82, 2.24) is 10.2 Å².